The highest BCUT2D eigenvalue weighted by Crippen LogP contribution is 2.35. The Hall–Kier alpha value is -1.93. The number of hydrogen-bond acceptors (Lipinski definition) is 4. The molecule has 0 aromatic heterocycles. The van der Waals surface area contributed by atoms with E-state index in [2.05, 4.69) is 10.0 Å². The molecule has 0 radical (unpaired) electrons. The quantitative estimate of drug-likeness (QED) is 0.695. The van der Waals surface area contributed by atoms with Gasteiger partial charge in [0.1, 0.15) is 0 Å². The SMILES string of the molecule is CCCNS(=O)(=O)c1ccc(NC(=O)C2CCC2C(=O)O)cc1. The van der Waals surface area contributed by atoms with Gasteiger partial charge < -0.3 is 10.4 Å². The van der Waals surface area contributed by atoms with Crippen LogP contribution in [-0.2, 0) is 19.6 Å². The van der Waals surface area contributed by atoms with Crippen molar-refractivity contribution in [3.63, 3.8) is 0 Å². The minimum atomic E-state index is -3.54. The number of nitrogens with one attached hydrogen (secondary N) is 2. The summed E-state index contributed by atoms with van der Waals surface area (Å²) in [6.07, 6.45) is 1.75. The van der Waals surface area contributed by atoms with E-state index >= 15 is 0 Å². The fourth-order valence-corrected chi connectivity index (χ4v) is 3.52. The Labute approximate surface area is 135 Å². The Morgan fingerprint density at radius 3 is 2.26 bits per heavy atom. The monoisotopic (exact) mass is 340 g/mol. The van der Waals surface area contributed by atoms with E-state index in [1.165, 1.54) is 24.3 Å². The second-order valence-corrected chi connectivity index (χ2v) is 7.31. The van der Waals surface area contributed by atoms with E-state index in [0.717, 1.165) is 0 Å². The third kappa shape index (κ3) is 4.08. The lowest BCUT2D eigenvalue weighted by molar-refractivity contribution is -0.151. The van der Waals surface area contributed by atoms with Gasteiger partial charge in [0, 0.05) is 12.2 Å². The van der Waals surface area contributed by atoms with Gasteiger partial charge in [-0.25, -0.2) is 13.1 Å². The first-order valence-electron chi connectivity index (χ1n) is 7.48. The summed E-state index contributed by atoms with van der Waals surface area (Å²) < 4.78 is 26.3. The van der Waals surface area contributed by atoms with Crippen LogP contribution in [-0.4, -0.2) is 31.9 Å². The molecule has 1 aliphatic rings. The number of rotatable bonds is 7. The number of anilines is 1. The number of benzene rings is 1. The van der Waals surface area contributed by atoms with E-state index in [4.69, 9.17) is 5.11 Å². The second-order valence-electron chi connectivity index (χ2n) is 5.54. The van der Waals surface area contributed by atoms with Gasteiger partial charge in [0.25, 0.3) is 0 Å². The topological polar surface area (TPSA) is 113 Å². The van der Waals surface area contributed by atoms with Crippen LogP contribution in [0.25, 0.3) is 0 Å². The number of sulfonamides is 1. The molecular weight excluding hydrogens is 320 g/mol. The molecule has 2 atom stereocenters. The van der Waals surface area contributed by atoms with E-state index in [1.807, 2.05) is 6.92 Å². The molecule has 2 rings (SSSR count). The van der Waals surface area contributed by atoms with Crippen LogP contribution in [0.2, 0.25) is 0 Å². The summed E-state index contributed by atoms with van der Waals surface area (Å²) in [5.41, 5.74) is 0.445. The summed E-state index contributed by atoms with van der Waals surface area (Å²) in [7, 11) is -3.54. The Balaban J connectivity index is 2.00. The summed E-state index contributed by atoms with van der Waals surface area (Å²) >= 11 is 0. The maximum Gasteiger partial charge on any atom is 0.307 e. The van der Waals surface area contributed by atoms with Crippen molar-refractivity contribution in [1.29, 1.82) is 0 Å². The average molecular weight is 340 g/mol. The van der Waals surface area contributed by atoms with Crippen LogP contribution < -0.4 is 10.0 Å². The molecule has 1 saturated carbocycles. The van der Waals surface area contributed by atoms with Gasteiger partial charge in [0.05, 0.1) is 16.7 Å². The van der Waals surface area contributed by atoms with Crippen LogP contribution in [0.1, 0.15) is 26.2 Å². The highest BCUT2D eigenvalue weighted by Gasteiger charge is 2.41. The van der Waals surface area contributed by atoms with Gasteiger partial charge in [0.2, 0.25) is 15.9 Å². The highest BCUT2D eigenvalue weighted by molar-refractivity contribution is 7.89. The number of hydrogen-bond donors (Lipinski definition) is 3. The molecule has 1 aliphatic carbocycles. The number of carboxylic acid groups (broad SMARTS) is 1. The molecule has 3 N–H and O–H groups in total. The van der Waals surface area contributed by atoms with Crippen molar-refractivity contribution in [2.75, 3.05) is 11.9 Å². The van der Waals surface area contributed by atoms with Crippen LogP contribution in [0, 0.1) is 11.8 Å². The first-order valence-corrected chi connectivity index (χ1v) is 8.97. The zero-order valence-corrected chi connectivity index (χ0v) is 13.6. The van der Waals surface area contributed by atoms with Crippen molar-refractivity contribution in [2.24, 2.45) is 11.8 Å². The van der Waals surface area contributed by atoms with Crippen molar-refractivity contribution in [3.05, 3.63) is 24.3 Å². The molecule has 126 valence electrons. The van der Waals surface area contributed by atoms with Gasteiger partial charge in [-0.05, 0) is 43.5 Å². The Morgan fingerprint density at radius 1 is 1.17 bits per heavy atom. The zero-order chi connectivity index (χ0) is 17.0. The third-order valence-corrected chi connectivity index (χ3v) is 5.38. The molecule has 0 heterocycles. The molecule has 0 spiro atoms. The molecule has 1 aromatic rings. The number of carbonyl (C=O) groups excluding carboxylic acids is 1. The average Bonchev–Trinajstić information content (AvgIpc) is 2.44. The summed E-state index contributed by atoms with van der Waals surface area (Å²) in [5.74, 6) is -2.46. The molecular formula is C15H20N2O5S. The summed E-state index contributed by atoms with van der Waals surface area (Å²) in [6.45, 7) is 2.23. The number of carboxylic acids is 1. The van der Waals surface area contributed by atoms with E-state index < -0.39 is 27.8 Å². The fourth-order valence-electron chi connectivity index (χ4n) is 2.38. The molecule has 1 fully saturated rings. The second kappa shape index (κ2) is 7.10. The molecule has 23 heavy (non-hydrogen) atoms. The van der Waals surface area contributed by atoms with Gasteiger partial charge >= 0.3 is 5.97 Å². The molecule has 1 aromatic carbocycles. The molecule has 0 aliphatic heterocycles. The minimum absolute atomic E-state index is 0.121. The maximum atomic E-state index is 12.0. The number of carbonyl (C=O) groups is 2. The largest absolute Gasteiger partial charge is 0.481 e. The summed E-state index contributed by atoms with van der Waals surface area (Å²) in [5, 5.41) is 11.6. The molecule has 8 heteroatoms. The van der Waals surface area contributed by atoms with Crippen LogP contribution in [0.5, 0.6) is 0 Å². The summed E-state index contributed by atoms with van der Waals surface area (Å²) in [6, 6.07) is 5.80. The van der Waals surface area contributed by atoms with Crippen molar-refractivity contribution in [3.8, 4) is 0 Å². The molecule has 7 nitrogen and oxygen atoms in total. The molecule has 2 unspecified atom stereocenters. The van der Waals surface area contributed by atoms with Crippen molar-refractivity contribution >= 4 is 27.6 Å². The van der Waals surface area contributed by atoms with Crippen LogP contribution in [0.3, 0.4) is 0 Å². The predicted molar refractivity (Wildman–Crippen MR) is 84.4 cm³/mol. The van der Waals surface area contributed by atoms with Crippen LogP contribution >= 0.6 is 0 Å². The van der Waals surface area contributed by atoms with Gasteiger partial charge in [0.15, 0.2) is 0 Å². The van der Waals surface area contributed by atoms with Crippen LogP contribution in [0.4, 0.5) is 5.69 Å². The Bertz CT molecular complexity index is 684. The highest BCUT2D eigenvalue weighted by atomic mass is 32.2. The van der Waals surface area contributed by atoms with E-state index in [9.17, 15) is 18.0 Å². The standard InChI is InChI=1S/C15H20N2O5S/c1-2-9-16-23(21,22)11-5-3-10(4-6-11)17-14(18)12-7-8-13(12)15(19)20/h3-6,12-13,16H,2,7-9H2,1H3,(H,17,18)(H,19,20). The lowest BCUT2D eigenvalue weighted by atomic mass is 9.73. The maximum absolute atomic E-state index is 12.0. The fraction of sp³-hybridized carbons (Fsp3) is 0.467. The van der Waals surface area contributed by atoms with E-state index in [0.29, 0.717) is 31.5 Å². The predicted octanol–water partition coefficient (Wildman–Crippen LogP) is 1.42. The van der Waals surface area contributed by atoms with Crippen LogP contribution in [0.15, 0.2) is 29.2 Å². The van der Waals surface area contributed by atoms with Gasteiger partial charge in [-0.15, -0.1) is 0 Å². The van der Waals surface area contributed by atoms with E-state index in [1.54, 1.807) is 0 Å². The first kappa shape index (κ1) is 17.4. The lowest BCUT2D eigenvalue weighted by Crippen LogP contribution is -2.41. The third-order valence-electron chi connectivity index (χ3n) is 3.90. The zero-order valence-electron chi connectivity index (χ0n) is 12.8. The molecule has 1 amide bonds. The van der Waals surface area contributed by atoms with Gasteiger partial charge in [-0.2, -0.15) is 0 Å². The van der Waals surface area contributed by atoms with Crippen molar-refractivity contribution in [1.82, 2.24) is 4.72 Å². The van der Waals surface area contributed by atoms with Crippen molar-refractivity contribution in [2.45, 2.75) is 31.1 Å². The molecule has 0 saturated heterocycles. The Kier molecular flexibility index (Phi) is 5.38. The Morgan fingerprint density at radius 2 is 1.78 bits per heavy atom. The number of aliphatic carboxylic acids is 1. The molecule has 0 bridgehead atoms. The minimum Gasteiger partial charge on any atom is -0.481 e. The normalized spacial score (nSPS) is 20.6. The van der Waals surface area contributed by atoms with Crippen molar-refractivity contribution < 1.29 is 23.1 Å². The number of amides is 1. The lowest BCUT2D eigenvalue weighted by Gasteiger charge is -2.31. The summed E-state index contributed by atoms with van der Waals surface area (Å²) in [4.78, 5) is 23.1. The first-order chi connectivity index (χ1) is 10.8. The van der Waals surface area contributed by atoms with Gasteiger partial charge in [-0.1, -0.05) is 6.92 Å². The van der Waals surface area contributed by atoms with E-state index in [-0.39, 0.29) is 10.8 Å². The smallest absolute Gasteiger partial charge is 0.307 e. The van der Waals surface area contributed by atoms with Gasteiger partial charge in [-0.3, -0.25) is 9.59 Å².